The van der Waals surface area contributed by atoms with Crippen LogP contribution in [0.3, 0.4) is 0 Å². The number of carbonyl (C=O) groups is 1. The van der Waals surface area contributed by atoms with Gasteiger partial charge in [-0.05, 0) is 49.9 Å². The molecule has 2 aromatic carbocycles. The molecule has 154 valence electrons. The van der Waals surface area contributed by atoms with Crippen LogP contribution in [0.5, 0.6) is 0 Å². The predicted octanol–water partition coefficient (Wildman–Crippen LogP) is 4.69. The summed E-state index contributed by atoms with van der Waals surface area (Å²) in [4.78, 5) is 29.8. The van der Waals surface area contributed by atoms with E-state index < -0.39 is 4.92 Å². The summed E-state index contributed by atoms with van der Waals surface area (Å²) in [6.45, 7) is 4.03. The molecule has 30 heavy (non-hydrogen) atoms. The van der Waals surface area contributed by atoms with Crippen molar-refractivity contribution < 1.29 is 9.72 Å². The Morgan fingerprint density at radius 3 is 2.57 bits per heavy atom. The molecule has 0 atom stereocenters. The molecule has 4 rings (SSSR count). The van der Waals surface area contributed by atoms with E-state index in [2.05, 4.69) is 10.3 Å². The number of nitrogens with zero attached hydrogens (tertiary/aromatic N) is 3. The van der Waals surface area contributed by atoms with Crippen LogP contribution in [0.2, 0.25) is 0 Å². The van der Waals surface area contributed by atoms with Gasteiger partial charge in [-0.3, -0.25) is 14.9 Å². The highest BCUT2D eigenvalue weighted by molar-refractivity contribution is 5.97. The quantitative estimate of drug-likeness (QED) is 0.492. The number of amides is 1. The highest BCUT2D eigenvalue weighted by atomic mass is 16.6. The van der Waals surface area contributed by atoms with E-state index in [9.17, 15) is 14.9 Å². The van der Waals surface area contributed by atoms with Gasteiger partial charge in [0.2, 0.25) is 0 Å². The second kappa shape index (κ2) is 8.49. The number of benzene rings is 2. The first kappa shape index (κ1) is 19.8. The molecule has 1 N–H and O–H groups in total. The standard InChI is InChI=1S/C23H24N4O3/c1-16-14-20(19-6-5-7-21(27(29)30)22(19)25-16)24-15-17-8-10-18(11-9-17)23(28)26-12-3-2-4-13-26/h5-11,14H,2-4,12-13,15H2,1H3,(H,24,25). The number of nitro benzene ring substituents is 1. The molecule has 3 aromatic rings. The molecule has 1 saturated heterocycles. The van der Waals surface area contributed by atoms with Gasteiger partial charge >= 0.3 is 0 Å². The van der Waals surface area contributed by atoms with Crippen molar-refractivity contribution in [3.63, 3.8) is 0 Å². The Balaban J connectivity index is 1.51. The molecule has 0 saturated carbocycles. The fourth-order valence-electron chi connectivity index (χ4n) is 3.90. The molecule has 1 aliphatic heterocycles. The normalized spacial score (nSPS) is 14.0. The SMILES string of the molecule is Cc1cc(NCc2ccc(C(=O)N3CCCCC3)cc2)c2cccc([N+](=O)[O-])c2n1. The third-order valence-corrected chi connectivity index (χ3v) is 5.47. The van der Waals surface area contributed by atoms with Crippen LogP contribution in [0.1, 0.15) is 40.9 Å². The number of pyridine rings is 1. The summed E-state index contributed by atoms with van der Waals surface area (Å²) < 4.78 is 0. The third-order valence-electron chi connectivity index (χ3n) is 5.47. The lowest BCUT2D eigenvalue weighted by Crippen LogP contribution is -2.35. The van der Waals surface area contributed by atoms with E-state index >= 15 is 0 Å². The van der Waals surface area contributed by atoms with Crippen LogP contribution in [-0.4, -0.2) is 33.8 Å². The Labute approximate surface area is 174 Å². The first-order chi connectivity index (χ1) is 14.5. The summed E-state index contributed by atoms with van der Waals surface area (Å²) in [5, 5.41) is 15.4. The number of hydrogen-bond acceptors (Lipinski definition) is 5. The van der Waals surface area contributed by atoms with Gasteiger partial charge in [0, 0.05) is 48.0 Å². The van der Waals surface area contributed by atoms with Gasteiger partial charge in [-0.2, -0.15) is 0 Å². The molecular formula is C23H24N4O3. The number of nitro groups is 1. The molecule has 0 spiro atoms. The summed E-state index contributed by atoms with van der Waals surface area (Å²) >= 11 is 0. The van der Waals surface area contributed by atoms with Crippen LogP contribution < -0.4 is 5.32 Å². The van der Waals surface area contributed by atoms with Crippen molar-refractivity contribution >= 4 is 28.2 Å². The fourth-order valence-corrected chi connectivity index (χ4v) is 3.90. The maximum atomic E-state index is 12.6. The molecule has 1 aromatic heterocycles. The number of non-ortho nitro benzene ring substituents is 1. The number of piperidine rings is 1. The van der Waals surface area contributed by atoms with Crippen molar-refractivity contribution in [1.82, 2.24) is 9.88 Å². The molecule has 7 heteroatoms. The molecule has 0 radical (unpaired) electrons. The lowest BCUT2D eigenvalue weighted by atomic mass is 10.1. The van der Waals surface area contributed by atoms with Crippen molar-refractivity contribution in [1.29, 1.82) is 0 Å². The van der Waals surface area contributed by atoms with Gasteiger partial charge in [-0.1, -0.05) is 24.3 Å². The van der Waals surface area contributed by atoms with Crippen LogP contribution in [-0.2, 0) is 6.54 Å². The first-order valence-electron chi connectivity index (χ1n) is 10.2. The Hall–Kier alpha value is -3.48. The number of para-hydroxylation sites is 1. The molecule has 0 unspecified atom stereocenters. The number of likely N-dealkylation sites (tertiary alicyclic amines) is 1. The van der Waals surface area contributed by atoms with E-state index in [4.69, 9.17) is 0 Å². The zero-order valence-electron chi connectivity index (χ0n) is 16.9. The maximum absolute atomic E-state index is 12.6. The zero-order valence-corrected chi connectivity index (χ0v) is 16.9. The highest BCUT2D eigenvalue weighted by Crippen LogP contribution is 2.30. The highest BCUT2D eigenvalue weighted by Gasteiger charge is 2.18. The van der Waals surface area contributed by atoms with Crippen molar-refractivity contribution in [3.8, 4) is 0 Å². The van der Waals surface area contributed by atoms with Crippen LogP contribution in [0, 0.1) is 17.0 Å². The maximum Gasteiger partial charge on any atom is 0.295 e. The van der Waals surface area contributed by atoms with Crippen LogP contribution >= 0.6 is 0 Å². The Morgan fingerprint density at radius 1 is 1.13 bits per heavy atom. The van der Waals surface area contributed by atoms with Gasteiger partial charge in [-0.15, -0.1) is 0 Å². The summed E-state index contributed by atoms with van der Waals surface area (Å²) in [5.41, 5.74) is 3.63. The first-order valence-corrected chi connectivity index (χ1v) is 10.2. The van der Waals surface area contributed by atoms with Crippen molar-refractivity contribution in [2.45, 2.75) is 32.7 Å². The second-order valence-corrected chi connectivity index (χ2v) is 7.64. The van der Waals surface area contributed by atoms with E-state index in [1.54, 1.807) is 6.07 Å². The van der Waals surface area contributed by atoms with Gasteiger partial charge in [0.05, 0.1) is 4.92 Å². The van der Waals surface area contributed by atoms with Crippen molar-refractivity contribution in [3.05, 3.63) is 75.5 Å². The smallest absolute Gasteiger partial charge is 0.295 e. The number of fused-ring (bicyclic) bond motifs is 1. The van der Waals surface area contributed by atoms with E-state index in [-0.39, 0.29) is 11.6 Å². The Bertz CT molecular complexity index is 1090. The molecule has 2 heterocycles. The Morgan fingerprint density at radius 2 is 1.87 bits per heavy atom. The van der Waals surface area contributed by atoms with Gasteiger partial charge < -0.3 is 10.2 Å². The lowest BCUT2D eigenvalue weighted by Gasteiger charge is -2.26. The van der Waals surface area contributed by atoms with E-state index in [0.717, 1.165) is 37.2 Å². The van der Waals surface area contributed by atoms with E-state index in [1.807, 2.05) is 48.2 Å². The summed E-state index contributed by atoms with van der Waals surface area (Å²) in [6.07, 6.45) is 3.34. The van der Waals surface area contributed by atoms with Crippen LogP contribution in [0.4, 0.5) is 11.4 Å². The van der Waals surface area contributed by atoms with Gasteiger partial charge in [0.25, 0.3) is 11.6 Å². The number of carbonyl (C=O) groups excluding carboxylic acids is 1. The third kappa shape index (κ3) is 4.10. The van der Waals surface area contributed by atoms with Crippen molar-refractivity contribution in [2.24, 2.45) is 0 Å². The summed E-state index contributed by atoms with van der Waals surface area (Å²) in [7, 11) is 0. The molecule has 1 amide bonds. The molecular weight excluding hydrogens is 380 g/mol. The average Bonchev–Trinajstić information content (AvgIpc) is 2.77. The molecule has 1 fully saturated rings. The zero-order chi connectivity index (χ0) is 21.1. The molecule has 0 bridgehead atoms. The van der Waals surface area contributed by atoms with E-state index in [0.29, 0.717) is 28.7 Å². The summed E-state index contributed by atoms with van der Waals surface area (Å²) in [5.74, 6) is 0.0947. The molecule has 7 nitrogen and oxygen atoms in total. The van der Waals surface area contributed by atoms with Gasteiger partial charge in [0.1, 0.15) is 0 Å². The lowest BCUT2D eigenvalue weighted by molar-refractivity contribution is -0.383. The number of anilines is 1. The van der Waals surface area contributed by atoms with E-state index in [1.165, 1.54) is 12.5 Å². The van der Waals surface area contributed by atoms with Crippen molar-refractivity contribution in [2.75, 3.05) is 18.4 Å². The Kier molecular flexibility index (Phi) is 5.61. The molecule has 0 aliphatic carbocycles. The van der Waals surface area contributed by atoms with Crippen LogP contribution in [0.15, 0.2) is 48.5 Å². The number of aromatic nitrogens is 1. The largest absolute Gasteiger partial charge is 0.380 e. The minimum absolute atomic E-state index is 0.000159. The minimum Gasteiger partial charge on any atom is -0.380 e. The second-order valence-electron chi connectivity index (χ2n) is 7.64. The minimum atomic E-state index is -0.406. The molecule has 1 aliphatic rings. The fraction of sp³-hybridized carbons (Fsp3) is 0.304. The predicted molar refractivity (Wildman–Crippen MR) is 117 cm³/mol. The number of hydrogen-bond donors (Lipinski definition) is 1. The topological polar surface area (TPSA) is 88.4 Å². The summed E-state index contributed by atoms with van der Waals surface area (Å²) in [6, 6.07) is 14.5. The number of rotatable bonds is 5. The number of nitrogens with one attached hydrogen (secondary N) is 1. The number of aryl methyl sites for hydroxylation is 1. The van der Waals surface area contributed by atoms with Crippen LogP contribution in [0.25, 0.3) is 10.9 Å². The van der Waals surface area contributed by atoms with Gasteiger partial charge in [0.15, 0.2) is 5.52 Å². The monoisotopic (exact) mass is 404 g/mol. The van der Waals surface area contributed by atoms with Gasteiger partial charge in [-0.25, -0.2) is 4.98 Å². The average molecular weight is 404 g/mol.